The molecule has 0 aliphatic carbocycles. The molecule has 0 radical (unpaired) electrons. The SMILES string of the molecule is CCCCCCCCCCCCCCCCCCCCCCCC=CC1=C(c2cccc(CCCCCCCC)c2)[N+](=[N-])C(c2ccccc2CCC(C)=O)=C1. The van der Waals surface area contributed by atoms with E-state index in [-0.39, 0.29) is 5.78 Å². The van der Waals surface area contributed by atoms with Crippen molar-refractivity contribution in [3.8, 4) is 0 Å². The predicted octanol–water partition coefficient (Wildman–Crippen LogP) is 17.1. The summed E-state index contributed by atoms with van der Waals surface area (Å²) in [5, 5.41) is 0. The van der Waals surface area contributed by atoms with Crippen molar-refractivity contribution in [2.45, 2.75) is 220 Å². The van der Waals surface area contributed by atoms with Crippen molar-refractivity contribution in [2.24, 2.45) is 0 Å². The number of ketones is 1. The van der Waals surface area contributed by atoms with E-state index in [0.29, 0.717) is 12.8 Å². The van der Waals surface area contributed by atoms with Crippen molar-refractivity contribution in [1.29, 1.82) is 0 Å². The number of carbonyl (C=O) groups excluding carboxylic acids is 1. The molecule has 0 saturated carbocycles. The molecule has 0 amide bonds. The quantitative estimate of drug-likeness (QED) is 0.0509. The van der Waals surface area contributed by atoms with Crippen molar-refractivity contribution in [3.63, 3.8) is 0 Å². The van der Waals surface area contributed by atoms with Gasteiger partial charge >= 0.3 is 0 Å². The Morgan fingerprint density at radius 2 is 1.09 bits per heavy atom. The van der Waals surface area contributed by atoms with Crippen LogP contribution < -0.4 is 0 Å². The van der Waals surface area contributed by atoms with Crippen molar-refractivity contribution in [1.82, 2.24) is 0 Å². The number of rotatable bonds is 35. The lowest BCUT2D eigenvalue weighted by atomic mass is 9.99. The molecule has 0 bridgehead atoms. The summed E-state index contributed by atoms with van der Waals surface area (Å²) in [6, 6.07) is 17.0. The van der Waals surface area contributed by atoms with Gasteiger partial charge in [0.1, 0.15) is 5.78 Å². The minimum Gasteiger partial charge on any atom is -0.493 e. The van der Waals surface area contributed by atoms with Gasteiger partial charge in [-0.05, 0) is 68.4 Å². The fourth-order valence-corrected chi connectivity index (χ4v) is 8.31. The second-order valence-electron chi connectivity index (χ2n) is 17.0. The first-order valence-corrected chi connectivity index (χ1v) is 23.8. The maximum absolute atomic E-state index is 11.9. The molecule has 1 heterocycles. The highest BCUT2D eigenvalue weighted by atomic mass is 16.1. The minimum atomic E-state index is 0.186. The Bertz CT molecular complexity index is 1460. The number of hydrogen-bond donors (Lipinski definition) is 0. The molecule has 56 heavy (non-hydrogen) atoms. The lowest BCUT2D eigenvalue weighted by Gasteiger charge is -2.13. The normalized spacial score (nSPS) is 13.1. The Hall–Kier alpha value is -3.07. The molecule has 310 valence electrons. The minimum absolute atomic E-state index is 0.186. The van der Waals surface area contributed by atoms with Gasteiger partial charge in [0.2, 0.25) is 11.4 Å². The van der Waals surface area contributed by atoms with Gasteiger partial charge in [-0.2, -0.15) is 0 Å². The van der Waals surface area contributed by atoms with Gasteiger partial charge in [0, 0.05) is 23.6 Å². The first-order valence-electron chi connectivity index (χ1n) is 23.8. The van der Waals surface area contributed by atoms with Crippen LogP contribution in [0, 0.1) is 0 Å². The third kappa shape index (κ3) is 19.9. The Morgan fingerprint density at radius 3 is 1.62 bits per heavy atom. The van der Waals surface area contributed by atoms with E-state index in [1.165, 1.54) is 184 Å². The topological polar surface area (TPSA) is 42.4 Å². The molecule has 0 N–H and O–H groups in total. The molecule has 3 heteroatoms. The largest absolute Gasteiger partial charge is 0.493 e. The predicted molar refractivity (Wildman–Crippen MR) is 244 cm³/mol. The van der Waals surface area contributed by atoms with Crippen LogP contribution in [0.15, 0.2) is 72.3 Å². The maximum Gasteiger partial charge on any atom is 0.214 e. The molecule has 1 aliphatic rings. The standard InChI is InChI=1S/C53H82N2O/c1-4-6-8-10-12-13-14-15-16-17-18-19-20-21-22-23-24-25-26-27-28-30-32-39-50-45-52(51-41-34-33-38-48(51)43-42-46(3)56)55(54)53(50)49-40-35-37-47(44-49)36-31-29-11-9-7-5-2/h32-35,37-41,44-45H,4-31,36,42-43H2,1-3H3. The number of carbonyl (C=O) groups is 1. The molecule has 0 spiro atoms. The van der Waals surface area contributed by atoms with Crippen LogP contribution in [0.4, 0.5) is 0 Å². The number of Topliss-reactive ketones (excluding diaryl/α,β-unsaturated/α-hetero) is 1. The molecule has 0 atom stereocenters. The lowest BCUT2D eigenvalue weighted by Crippen LogP contribution is -2.05. The summed E-state index contributed by atoms with van der Waals surface area (Å²) < 4.78 is 1.40. The Labute approximate surface area is 345 Å². The van der Waals surface area contributed by atoms with Crippen LogP contribution in [-0.2, 0) is 17.6 Å². The summed E-state index contributed by atoms with van der Waals surface area (Å²) in [4.78, 5) is 11.9. The smallest absolute Gasteiger partial charge is 0.214 e. The van der Waals surface area contributed by atoms with E-state index in [4.69, 9.17) is 0 Å². The van der Waals surface area contributed by atoms with Crippen molar-refractivity contribution < 1.29 is 9.49 Å². The number of benzene rings is 2. The Balaban J connectivity index is 1.40. The van der Waals surface area contributed by atoms with Crippen LogP contribution in [0.1, 0.15) is 229 Å². The van der Waals surface area contributed by atoms with Crippen molar-refractivity contribution in [2.75, 3.05) is 0 Å². The zero-order valence-corrected chi connectivity index (χ0v) is 36.6. The fraction of sp³-hybridized carbons (Fsp3) is 0.642. The van der Waals surface area contributed by atoms with Gasteiger partial charge < -0.3 is 10.3 Å². The monoisotopic (exact) mass is 763 g/mol. The van der Waals surface area contributed by atoms with Gasteiger partial charge in [-0.15, -0.1) is 0 Å². The summed E-state index contributed by atoms with van der Waals surface area (Å²) in [6.07, 6.45) is 47.2. The Morgan fingerprint density at radius 1 is 0.589 bits per heavy atom. The molecule has 1 aliphatic heterocycles. The third-order valence-electron chi connectivity index (χ3n) is 11.8. The summed E-state index contributed by atoms with van der Waals surface area (Å²) in [7, 11) is 0. The molecular weight excluding hydrogens is 681 g/mol. The van der Waals surface area contributed by atoms with E-state index in [1.54, 1.807) is 6.92 Å². The van der Waals surface area contributed by atoms with Gasteiger partial charge in [0.05, 0.1) is 5.57 Å². The summed E-state index contributed by atoms with van der Waals surface area (Å²) in [5.41, 5.74) is 19.0. The van der Waals surface area contributed by atoms with Gasteiger partial charge in [-0.3, -0.25) is 0 Å². The van der Waals surface area contributed by atoms with Gasteiger partial charge in [-0.25, -0.2) is 4.70 Å². The van der Waals surface area contributed by atoms with Crippen LogP contribution in [0.5, 0.6) is 0 Å². The number of unbranched alkanes of at least 4 members (excludes halogenated alkanes) is 26. The second kappa shape index (κ2) is 31.0. The van der Waals surface area contributed by atoms with E-state index < -0.39 is 0 Å². The highest BCUT2D eigenvalue weighted by molar-refractivity contribution is 5.81. The maximum atomic E-state index is 11.9. The highest BCUT2D eigenvalue weighted by Gasteiger charge is 2.29. The second-order valence-corrected chi connectivity index (χ2v) is 17.0. The highest BCUT2D eigenvalue weighted by Crippen LogP contribution is 2.37. The summed E-state index contributed by atoms with van der Waals surface area (Å²) in [5.74, 6) is 0.186. The lowest BCUT2D eigenvalue weighted by molar-refractivity contribution is -0.344. The molecule has 2 aromatic rings. The molecule has 2 aromatic carbocycles. The first-order chi connectivity index (χ1) is 27.5. The van der Waals surface area contributed by atoms with Crippen LogP contribution >= 0.6 is 0 Å². The third-order valence-corrected chi connectivity index (χ3v) is 11.8. The van der Waals surface area contributed by atoms with Gasteiger partial charge in [-0.1, -0.05) is 217 Å². The van der Waals surface area contributed by atoms with E-state index in [0.717, 1.165) is 46.5 Å². The number of nitrogens with zero attached hydrogens (tertiary/aromatic N) is 2. The molecule has 0 fully saturated rings. The van der Waals surface area contributed by atoms with Crippen molar-refractivity contribution >= 4 is 17.2 Å². The number of aryl methyl sites for hydroxylation is 2. The van der Waals surface area contributed by atoms with Crippen LogP contribution in [0.3, 0.4) is 0 Å². The molecule has 0 unspecified atom stereocenters. The molecule has 3 rings (SSSR count). The van der Waals surface area contributed by atoms with E-state index in [1.807, 2.05) is 12.1 Å². The molecule has 3 nitrogen and oxygen atoms in total. The Kier molecular flexibility index (Phi) is 26.2. The molecule has 0 aromatic heterocycles. The van der Waals surface area contributed by atoms with Gasteiger partial charge in [0.25, 0.3) is 0 Å². The molecule has 0 saturated heterocycles. The summed E-state index contributed by atoms with van der Waals surface area (Å²) in [6.45, 7) is 6.22. The van der Waals surface area contributed by atoms with Crippen molar-refractivity contribution in [3.05, 3.63) is 100 Å². The average Bonchev–Trinajstić information content (AvgIpc) is 3.53. The first kappa shape index (κ1) is 47.3. The molecular formula is C53H82N2O. The zero-order valence-electron chi connectivity index (χ0n) is 36.6. The average molecular weight is 763 g/mol. The van der Waals surface area contributed by atoms with E-state index in [2.05, 4.69) is 68.5 Å². The van der Waals surface area contributed by atoms with Crippen LogP contribution in [0.25, 0.3) is 16.9 Å². The fourth-order valence-electron chi connectivity index (χ4n) is 8.31. The van der Waals surface area contributed by atoms with Crippen LogP contribution in [0.2, 0.25) is 0 Å². The zero-order chi connectivity index (χ0) is 39.9. The number of allylic oxidation sites excluding steroid dienone is 4. The van der Waals surface area contributed by atoms with E-state index in [9.17, 15) is 10.3 Å². The van der Waals surface area contributed by atoms with Crippen LogP contribution in [-0.4, -0.2) is 10.5 Å². The van der Waals surface area contributed by atoms with Gasteiger partial charge in [0.15, 0.2) is 0 Å². The summed E-state index contributed by atoms with van der Waals surface area (Å²) >= 11 is 0. The van der Waals surface area contributed by atoms with E-state index >= 15 is 0 Å². The number of hydrogen-bond acceptors (Lipinski definition) is 1.